The van der Waals surface area contributed by atoms with Gasteiger partial charge in [0.2, 0.25) is 0 Å². The summed E-state index contributed by atoms with van der Waals surface area (Å²) in [6.07, 6.45) is 3.45. The van der Waals surface area contributed by atoms with Crippen LogP contribution >= 0.6 is 0 Å². The zero-order valence-electron chi connectivity index (χ0n) is 9.59. The van der Waals surface area contributed by atoms with Crippen molar-refractivity contribution in [3.63, 3.8) is 0 Å². The van der Waals surface area contributed by atoms with Crippen LogP contribution in [0.1, 0.15) is 40.0 Å². The van der Waals surface area contributed by atoms with Gasteiger partial charge in [-0.05, 0) is 40.2 Å². The van der Waals surface area contributed by atoms with Gasteiger partial charge in [0.1, 0.15) is 11.6 Å². The Bertz CT molecular complexity index is 204. The predicted molar refractivity (Wildman–Crippen MR) is 56.0 cm³/mol. The minimum atomic E-state index is -0.379. The van der Waals surface area contributed by atoms with Gasteiger partial charge in [-0.25, -0.2) is 0 Å². The molecule has 1 atom stereocenters. The number of likely N-dealkylation sites (N-methyl/N-ethyl adjacent to an activating group) is 1. The fourth-order valence-electron chi connectivity index (χ4n) is 1.39. The van der Waals surface area contributed by atoms with Crippen LogP contribution in [0.25, 0.3) is 0 Å². The van der Waals surface area contributed by atoms with Gasteiger partial charge >= 0.3 is 5.97 Å². The first-order chi connectivity index (χ1) is 6.42. The van der Waals surface area contributed by atoms with Crippen LogP contribution in [-0.2, 0) is 9.53 Å². The molecule has 1 fully saturated rings. The van der Waals surface area contributed by atoms with Crippen LogP contribution in [0.15, 0.2) is 0 Å². The lowest BCUT2D eigenvalue weighted by Gasteiger charge is -2.23. The summed E-state index contributed by atoms with van der Waals surface area (Å²) in [5.41, 5.74) is -0.379. The molecular formula is C11H21NO2. The van der Waals surface area contributed by atoms with Crippen LogP contribution in [-0.4, -0.2) is 24.7 Å². The van der Waals surface area contributed by atoms with Crippen molar-refractivity contribution in [3.05, 3.63) is 0 Å². The smallest absolute Gasteiger partial charge is 0.323 e. The maximum absolute atomic E-state index is 11.7. The van der Waals surface area contributed by atoms with E-state index in [1.807, 2.05) is 27.8 Å². The molecule has 0 saturated heterocycles. The zero-order chi connectivity index (χ0) is 10.8. The topological polar surface area (TPSA) is 38.3 Å². The Hall–Kier alpha value is -0.570. The molecule has 82 valence electrons. The molecule has 0 aliphatic heterocycles. The second kappa shape index (κ2) is 4.30. The summed E-state index contributed by atoms with van der Waals surface area (Å²) in [5.74, 6) is 0.617. The number of rotatable bonds is 4. The molecule has 1 N–H and O–H groups in total. The first-order valence-electron chi connectivity index (χ1n) is 5.32. The fourth-order valence-corrected chi connectivity index (χ4v) is 1.39. The van der Waals surface area contributed by atoms with Crippen LogP contribution in [0.4, 0.5) is 0 Å². The lowest BCUT2D eigenvalue weighted by atomic mass is 10.1. The zero-order valence-corrected chi connectivity index (χ0v) is 9.59. The quantitative estimate of drug-likeness (QED) is 0.701. The summed E-state index contributed by atoms with van der Waals surface area (Å²) in [4.78, 5) is 11.7. The van der Waals surface area contributed by atoms with E-state index in [2.05, 4.69) is 5.32 Å². The van der Waals surface area contributed by atoms with Crippen molar-refractivity contribution in [2.24, 2.45) is 5.92 Å². The van der Waals surface area contributed by atoms with Gasteiger partial charge in [-0.2, -0.15) is 0 Å². The van der Waals surface area contributed by atoms with Crippen LogP contribution < -0.4 is 5.32 Å². The summed E-state index contributed by atoms with van der Waals surface area (Å²) in [7, 11) is 1.82. The molecule has 0 radical (unpaired) electrons. The summed E-state index contributed by atoms with van der Waals surface area (Å²) < 4.78 is 5.32. The second-order valence-electron chi connectivity index (χ2n) is 5.05. The Kier molecular flexibility index (Phi) is 3.53. The van der Waals surface area contributed by atoms with Crippen molar-refractivity contribution in [1.82, 2.24) is 5.32 Å². The largest absolute Gasteiger partial charge is 0.459 e. The molecule has 0 heterocycles. The molecule has 3 nitrogen and oxygen atoms in total. The summed E-state index contributed by atoms with van der Waals surface area (Å²) in [5, 5.41) is 3.02. The van der Waals surface area contributed by atoms with Crippen LogP contribution in [0.2, 0.25) is 0 Å². The highest BCUT2D eigenvalue weighted by Crippen LogP contribution is 2.33. The Balaban J connectivity index is 2.38. The number of hydrogen-bond acceptors (Lipinski definition) is 3. The van der Waals surface area contributed by atoms with E-state index in [0.717, 1.165) is 12.3 Å². The number of nitrogens with one attached hydrogen (secondary N) is 1. The average molecular weight is 199 g/mol. The normalized spacial score (nSPS) is 19.1. The highest BCUT2D eigenvalue weighted by atomic mass is 16.6. The molecule has 1 saturated carbocycles. The van der Waals surface area contributed by atoms with Gasteiger partial charge in [-0.1, -0.05) is 12.8 Å². The molecule has 0 aromatic heterocycles. The van der Waals surface area contributed by atoms with Crippen molar-refractivity contribution in [3.8, 4) is 0 Å². The molecule has 1 aliphatic carbocycles. The van der Waals surface area contributed by atoms with E-state index in [4.69, 9.17) is 4.74 Å². The van der Waals surface area contributed by atoms with E-state index in [1.165, 1.54) is 12.8 Å². The predicted octanol–water partition coefficient (Wildman–Crippen LogP) is 1.72. The molecule has 0 aromatic rings. The van der Waals surface area contributed by atoms with Gasteiger partial charge in [0, 0.05) is 0 Å². The Morgan fingerprint density at radius 1 is 1.50 bits per heavy atom. The Labute approximate surface area is 86.2 Å². The number of hydrogen-bond donors (Lipinski definition) is 1. The third-order valence-corrected chi connectivity index (χ3v) is 2.31. The number of ether oxygens (including phenoxy) is 1. The minimum absolute atomic E-state index is 0.119. The number of carbonyl (C=O) groups is 1. The molecule has 0 spiro atoms. The highest BCUT2D eigenvalue weighted by Gasteiger charge is 2.30. The maximum Gasteiger partial charge on any atom is 0.323 e. The van der Waals surface area contributed by atoms with Gasteiger partial charge < -0.3 is 10.1 Å². The summed E-state index contributed by atoms with van der Waals surface area (Å²) in [6, 6.07) is -0.123. The molecular weight excluding hydrogens is 178 g/mol. The van der Waals surface area contributed by atoms with E-state index in [1.54, 1.807) is 0 Å². The second-order valence-corrected chi connectivity index (χ2v) is 5.05. The highest BCUT2D eigenvalue weighted by molar-refractivity contribution is 5.76. The van der Waals surface area contributed by atoms with Gasteiger partial charge in [0.25, 0.3) is 0 Å². The lowest BCUT2D eigenvalue weighted by molar-refractivity contribution is -0.157. The van der Waals surface area contributed by atoms with Crippen molar-refractivity contribution >= 4 is 5.97 Å². The minimum Gasteiger partial charge on any atom is -0.459 e. The molecule has 14 heavy (non-hydrogen) atoms. The SMILES string of the molecule is CN[C@@H](CC1CC1)C(=O)OC(C)(C)C. The van der Waals surface area contributed by atoms with Crippen LogP contribution in [0, 0.1) is 5.92 Å². The molecule has 1 rings (SSSR count). The molecule has 0 bridgehead atoms. The molecule has 0 aromatic carbocycles. The third kappa shape index (κ3) is 4.09. The van der Waals surface area contributed by atoms with E-state index in [-0.39, 0.29) is 17.6 Å². The average Bonchev–Trinajstić information content (AvgIpc) is 2.79. The van der Waals surface area contributed by atoms with Crippen molar-refractivity contribution in [2.75, 3.05) is 7.05 Å². The molecule has 0 unspecified atom stereocenters. The third-order valence-electron chi connectivity index (χ3n) is 2.31. The van der Waals surface area contributed by atoms with Crippen LogP contribution in [0.5, 0.6) is 0 Å². The summed E-state index contributed by atoms with van der Waals surface area (Å²) >= 11 is 0. The standard InChI is InChI=1S/C11H21NO2/c1-11(2,3)14-10(13)9(12-4)7-8-5-6-8/h8-9,12H,5-7H2,1-4H3/t9-/m0/s1. The van der Waals surface area contributed by atoms with Crippen LogP contribution in [0.3, 0.4) is 0 Å². The van der Waals surface area contributed by atoms with Crippen molar-refractivity contribution in [2.45, 2.75) is 51.7 Å². The van der Waals surface area contributed by atoms with Gasteiger partial charge in [-0.15, -0.1) is 0 Å². The first-order valence-corrected chi connectivity index (χ1v) is 5.32. The molecule has 3 heteroatoms. The summed E-state index contributed by atoms with van der Waals surface area (Å²) in [6.45, 7) is 5.69. The Morgan fingerprint density at radius 2 is 2.07 bits per heavy atom. The lowest BCUT2D eigenvalue weighted by Crippen LogP contribution is -2.39. The molecule has 1 aliphatic rings. The van der Waals surface area contributed by atoms with Gasteiger partial charge in [0.05, 0.1) is 0 Å². The number of carbonyl (C=O) groups excluding carboxylic acids is 1. The monoisotopic (exact) mass is 199 g/mol. The van der Waals surface area contributed by atoms with Crippen molar-refractivity contribution < 1.29 is 9.53 Å². The van der Waals surface area contributed by atoms with Gasteiger partial charge in [0.15, 0.2) is 0 Å². The molecule has 0 amide bonds. The van der Waals surface area contributed by atoms with Crippen molar-refractivity contribution in [1.29, 1.82) is 0 Å². The first kappa shape index (κ1) is 11.5. The van der Waals surface area contributed by atoms with E-state index < -0.39 is 0 Å². The number of esters is 1. The Morgan fingerprint density at radius 3 is 2.43 bits per heavy atom. The fraction of sp³-hybridized carbons (Fsp3) is 0.909. The van der Waals surface area contributed by atoms with Gasteiger partial charge in [-0.3, -0.25) is 4.79 Å². The van der Waals surface area contributed by atoms with E-state index in [9.17, 15) is 4.79 Å². The van der Waals surface area contributed by atoms with E-state index in [0.29, 0.717) is 0 Å². The maximum atomic E-state index is 11.7. The van der Waals surface area contributed by atoms with E-state index >= 15 is 0 Å².